The van der Waals surface area contributed by atoms with Crippen molar-refractivity contribution in [2.24, 2.45) is 0 Å². The number of hydrogen-bond donors (Lipinski definition) is 1. The summed E-state index contributed by atoms with van der Waals surface area (Å²) in [5, 5.41) is 10.6. The largest absolute Gasteiger partial charge is 0.445 e. The predicted molar refractivity (Wildman–Crippen MR) is 108 cm³/mol. The van der Waals surface area contributed by atoms with Crippen LogP contribution in [0.25, 0.3) is 5.65 Å². The van der Waals surface area contributed by atoms with Gasteiger partial charge in [-0.15, -0.1) is 0 Å². The van der Waals surface area contributed by atoms with Crippen LogP contribution in [0.15, 0.2) is 54.9 Å². The third-order valence-electron chi connectivity index (χ3n) is 5.84. The number of ether oxygens (including phenoxy) is 1. The molecular weight excluding hydrogens is 366 g/mol. The molecule has 3 heterocycles. The van der Waals surface area contributed by atoms with Crippen LogP contribution in [0, 0.1) is 0 Å². The van der Waals surface area contributed by atoms with Crippen LogP contribution < -0.4 is 0 Å². The third-order valence-corrected chi connectivity index (χ3v) is 5.84. The van der Waals surface area contributed by atoms with Gasteiger partial charge in [0.2, 0.25) is 0 Å². The van der Waals surface area contributed by atoms with Gasteiger partial charge in [0.15, 0.2) is 0 Å². The molecule has 2 atom stereocenters. The Morgan fingerprint density at radius 3 is 2.76 bits per heavy atom. The van der Waals surface area contributed by atoms with Crippen LogP contribution in [0.3, 0.4) is 0 Å². The second kappa shape index (κ2) is 6.88. The molecule has 2 aromatic heterocycles. The van der Waals surface area contributed by atoms with Crippen molar-refractivity contribution in [1.29, 1.82) is 0 Å². The lowest BCUT2D eigenvalue weighted by molar-refractivity contribution is 0.0582. The average molecular weight is 391 g/mol. The molecule has 5 rings (SSSR count). The van der Waals surface area contributed by atoms with Crippen molar-refractivity contribution in [2.75, 3.05) is 6.54 Å². The molecule has 0 radical (unpaired) electrons. The normalized spacial score (nSPS) is 24.2. The number of fused-ring (bicyclic) bond motifs is 1. The third kappa shape index (κ3) is 3.72. The molecule has 1 saturated carbocycles. The van der Waals surface area contributed by atoms with Gasteiger partial charge in [-0.25, -0.2) is 9.78 Å². The van der Waals surface area contributed by atoms with Gasteiger partial charge in [-0.1, -0.05) is 36.4 Å². The van der Waals surface area contributed by atoms with E-state index in [1.165, 1.54) is 18.4 Å². The first-order valence-corrected chi connectivity index (χ1v) is 10.2. The summed E-state index contributed by atoms with van der Waals surface area (Å²) >= 11 is 0. The maximum absolute atomic E-state index is 12.8. The van der Waals surface area contributed by atoms with Gasteiger partial charge in [0.1, 0.15) is 12.3 Å². The summed E-state index contributed by atoms with van der Waals surface area (Å²) < 4.78 is 7.56. The summed E-state index contributed by atoms with van der Waals surface area (Å²) in [6, 6.07) is 13.5. The molecule has 150 valence electrons. The SMILES string of the molecule is CC1(O)C[C@H](c2cn3cc(C4CC4)ccc3n2)N(C(=O)OCc2ccccc2)C1. The Morgan fingerprint density at radius 2 is 2.00 bits per heavy atom. The highest BCUT2D eigenvalue weighted by Gasteiger charge is 2.44. The second-order valence-corrected chi connectivity index (χ2v) is 8.55. The van der Waals surface area contributed by atoms with Crippen molar-refractivity contribution >= 4 is 11.7 Å². The lowest BCUT2D eigenvalue weighted by Crippen LogP contribution is -2.35. The first kappa shape index (κ1) is 18.2. The van der Waals surface area contributed by atoms with Crippen LogP contribution in [0.1, 0.15) is 55.0 Å². The summed E-state index contributed by atoms with van der Waals surface area (Å²) in [5.74, 6) is 0.668. The molecule has 1 aliphatic heterocycles. The molecule has 2 aliphatic rings. The van der Waals surface area contributed by atoms with Crippen molar-refractivity contribution in [3.63, 3.8) is 0 Å². The lowest BCUT2D eigenvalue weighted by Gasteiger charge is -2.22. The molecule has 1 N–H and O–H groups in total. The maximum atomic E-state index is 12.8. The number of rotatable bonds is 4. The van der Waals surface area contributed by atoms with Crippen molar-refractivity contribution in [3.05, 3.63) is 71.7 Å². The standard InChI is InChI=1S/C23H25N3O3/c1-23(28)11-20(26(15-23)22(27)29-14-16-5-3-2-4-6-16)19-13-25-12-18(17-7-8-17)9-10-21(25)24-19/h2-6,9-10,12-13,17,20,28H,7-8,11,14-15H2,1H3/t20-,23?/m1/s1. The molecule has 29 heavy (non-hydrogen) atoms. The van der Waals surface area contributed by atoms with Crippen LogP contribution in [-0.2, 0) is 11.3 Å². The number of imidazole rings is 1. The number of benzene rings is 1. The number of pyridine rings is 1. The number of aromatic nitrogens is 2. The van der Waals surface area contributed by atoms with E-state index in [9.17, 15) is 9.90 Å². The van der Waals surface area contributed by atoms with Crippen LogP contribution in [-0.4, -0.2) is 37.6 Å². The van der Waals surface area contributed by atoms with Gasteiger partial charge >= 0.3 is 6.09 Å². The molecule has 1 aliphatic carbocycles. The second-order valence-electron chi connectivity index (χ2n) is 8.55. The lowest BCUT2D eigenvalue weighted by atomic mass is 10.0. The van der Waals surface area contributed by atoms with E-state index >= 15 is 0 Å². The van der Waals surface area contributed by atoms with Crippen LogP contribution >= 0.6 is 0 Å². The summed E-state index contributed by atoms with van der Waals surface area (Å²) in [5.41, 5.74) is 2.94. The number of amides is 1. The van der Waals surface area contributed by atoms with Gasteiger partial charge in [-0.3, -0.25) is 4.90 Å². The van der Waals surface area contributed by atoms with Crippen molar-refractivity contribution in [3.8, 4) is 0 Å². The Morgan fingerprint density at radius 1 is 1.21 bits per heavy atom. The van der Waals surface area contributed by atoms with Crippen molar-refractivity contribution in [2.45, 2.75) is 50.4 Å². The van der Waals surface area contributed by atoms with Crippen LogP contribution in [0.4, 0.5) is 4.79 Å². The minimum atomic E-state index is -0.967. The molecule has 1 amide bonds. The molecule has 6 nitrogen and oxygen atoms in total. The van der Waals surface area contributed by atoms with E-state index in [2.05, 4.69) is 12.3 Å². The number of carbonyl (C=O) groups is 1. The summed E-state index contributed by atoms with van der Waals surface area (Å²) in [7, 11) is 0. The molecule has 0 spiro atoms. The first-order valence-electron chi connectivity index (χ1n) is 10.2. The van der Waals surface area contributed by atoms with Crippen LogP contribution in [0.5, 0.6) is 0 Å². The van der Waals surface area contributed by atoms with E-state index < -0.39 is 11.7 Å². The van der Waals surface area contributed by atoms with Gasteiger partial charge in [0, 0.05) is 18.8 Å². The Bertz CT molecular complexity index is 1040. The molecule has 6 heteroatoms. The number of likely N-dealkylation sites (tertiary alicyclic amines) is 1. The summed E-state index contributed by atoms with van der Waals surface area (Å²) in [4.78, 5) is 19.2. The highest BCUT2D eigenvalue weighted by molar-refractivity contribution is 5.69. The van der Waals surface area contributed by atoms with E-state index in [0.29, 0.717) is 12.3 Å². The van der Waals surface area contributed by atoms with E-state index in [-0.39, 0.29) is 19.2 Å². The zero-order chi connectivity index (χ0) is 20.0. The fraction of sp³-hybridized carbons (Fsp3) is 0.391. The number of carbonyl (C=O) groups excluding carboxylic acids is 1. The minimum absolute atomic E-state index is 0.209. The average Bonchev–Trinajstić information content (AvgIpc) is 3.39. The Kier molecular flexibility index (Phi) is 4.32. The zero-order valence-corrected chi connectivity index (χ0v) is 16.5. The minimum Gasteiger partial charge on any atom is -0.445 e. The van der Waals surface area contributed by atoms with Crippen molar-refractivity contribution < 1.29 is 14.6 Å². The van der Waals surface area contributed by atoms with E-state index in [1.54, 1.807) is 11.8 Å². The highest BCUT2D eigenvalue weighted by atomic mass is 16.6. The highest BCUT2D eigenvalue weighted by Crippen LogP contribution is 2.41. The predicted octanol–water partition coefficient (Wildman–Crippen LogP) is 4.05. The molecule has 1 unspecified atom stereocenters. The Hall–Kier alpha value is -2.86. The molecule has 1 saturated heterocycles. The maximum Gasteiger partial charge on any atom is 0.410 e. The van der Waals surface area contributed by atoms with E-state index in [1.807, 2.05) is 47.0 Å². The van der Waals surface area contributed by atoms with Gasteiger partial charge in [0.05, 0.1) is 23.9 Å². The van der Waals surface area contributed by atoms with Gasteiger partial charge < -0.3 is 14.2 Å². The van der Waals surface area contributed by atoms with Gasteiger partial charge in [-0.05, 0) is 42.9 Å². The first-order chi connectivity index (χ1) is 14.0. The fourth-order valence-electron chi connectivity index (χ4n) is 4.17. The zero-order valence-electron chi connectivity index (χ0n) is 16.5. The van der Waals surface area contributed by atoms with E-state index in [4.69, 9.17) is 9.72 Å². The number of nitrogens with zero attached hydrogens (tertiary/aromatic N) is 3. The summed E-state index contributed by atoms with van der Waals surface area (Å²) in [6.07, 6.45) is 6.62. The molecule has 0 bridgehead atoms. The van der Waals surface area contributed by atoms with Gasteiger partial charge in [0.25, 0.3) is 0 Å². The quantitative estimate of drug-likeness (QED) is 0.729. The number of aliphatic hydroxyl groups is 1. The molecule has 2 fully saturated rings. The molecule has 3 aromatic rings. The van der Waals surface area contributed by atoms with Crippen molar-refractivity contribution in [1.82, 2.24) is 14.3 Å². The Labute approximate surface area is 169 Å². The molecule has 1 aromatic carbocycles. The Balaban J connectivity index is 1.38. The molecular formula is C23H25N3O3. The van der Waals surface area contributed by atoms with E-state index in [0.717, 1.165) is 16.9 Å². The number of β-amino-alcohol motifs (C(OH)–C–C–N with tert-alkyl or cyclic N) is 1. The monoisotopic (exact) mass is 391 g/mol. The van der Waals surface area contributed by atoms with Crippen LogP contribution in [0.2, 0.25) is 0 Å². The number of hydrogen-bond acceptors (Lipinski definition) is 4. The smallest absolute Gasteiger partial charge is 0.410 e. The summed E-state index contributed by atoms with van der Waals surface area (Å²) in [6.45, 7) is 2.19. The van der Waals surface area contributed by atoms with Gasteiger partial charge in [-0.2, -0.15) is 0 Å². The topological polar surface area (TPSA) is 67.1 Å². The fourth-order valence-corrected chi connectivity index (χ4v) is 4.17.